The summed E-state index contributed by atoms with van der Waals surface area (Å²) in [5.74, 6) is 0.572. The molecule has 0 bridgehead atoms. The van der Waals surface area contributed by atoms with Gasteiger partial charge in [0, 0.05) is 23.4 Å². The molecule has 0 aliphatic carbocycles. The molecular formula is C23H21NO5S. The standard InChI is InChI=1S/C23H21NO5S/c1-14-7-19(10-21-23(14)17(13-30-21)8-22(25)26)28-12-18-9-20(29-24-18)16-5-3-15(4-6-16)11-27-2/h3-7,9-10,13H,8,11-12H2,1-2H3,(H,25,26). The van der Waals surface area contributed by atoms with Crippen LogP contribution in [0, 0.1) is 6.92 Å². The normalized spacial score (nSPS) is 11.1. The van der Waals surface area contributed by atoms with Crippen LogP contribution in [0.15, 0.2) is 52.4 Å². The summed E-state index contributed by atoms with van der Waals surface area (Å²) in [6.45, 7) is 2.82. The van der Waals surface area contributed by atoms with Gasteiger partial charge in [-0.05, 0) is 46.5 Å². The first-order chi connectivity index (χ1) is 14.5. The van der Waals surface area contributed by atoms with E-state index in [0.717, 1.165) is 38.1 Å². The van der Waals surface area contributed by atoms with Crippen molar-refractivity contribution in [2.45, 2.75) is 26.6 Å². The Morgan fingerprint density at radius 2 is 1.97 bits per heavy atom. The molecule has 0 amide bonds. The minimum Gasteiger partial charge on any atom is -0.487 e. The molecule has 0 atom stereocenters. The van der Waals surface area contributed by atoms with E-state index in [0.29, 0.717) is 18.1 Å². The number of thiophene rings is 1. The van der Waals surface area contributed by atoms with Gasteiger partial charge in [0.2, 0.25) is 0 Å². The van der Waals surface area contributed by atoms with Gasteiger partial charge in [0.1, 0.15) is 18.1 Å². The van der Waals surface area contributed by atoms with Crippen molar-refractivity contribution >= 4 is 27.4 Å². The summed E-state index contributed by atoms with van der Waals surface area (Å²) in [4.78, 5) is 11.1. The number of hydrogen-bond donors (Lipinski definition) is 1. The summed E-state index contributed by atoms with van der Waals surface area (Å²) in [6.07, 6.45) is 0.0230. The molecule has 7 heteroatoms. The van der Waals surface area contributed by atoms with E-state index in [4.69, 9.17) is 19.1 Å². The Labute approximate surface area is 177 Å². The maximum Gasteiger partial charge on any atom is 0.307 e. The first-order valence-electron chi connectivity index (χ1n) is 9.42. The van der Waals surface area contributed by atoms with E-state index in [-0.39, 0.29) is 13.0 Å². The van der Waals surface area contributed by atoms with Crippen molar-refractivity contribution in [3.05, 3.63) is 70.2 Å². The summed E-state index contributed by atoms with van der Waals surface area (Å²) in [5, 5.41) is 16.1. The number of rotatable bonds is 8. The van der Waals surface area contributed by atoms with Gasteiger partial charge in [-0.15, -0.1) is 11.3 Å². The van der Waals surface area contributed by atoms with Gasteiger partial charge in [0.25, 0.3) is 0 Å². The second kappa shape index (κ2) is 8.69. The van der Waals surface area contributed by atoms with Crippen molar-refractivity contribution in [1.82, 2.24) is 5.16 Å². The maximum absolute atomic E-state index is 11.1. The molecule has 0 aliphatic rings. The molecule has 0 spiro atoms. The highest BCUT2D eigenvalue weighted by molar-refractivity contribution is 7.17. The van der Waals surface area contributed by atoms with Crippen molar-refractivity contribution < 1.29 is 23.9 Å². The van der Waals surface area contributed by atoms with Gasteiger partial charge in [-0.3, -0.25) is 4.79 Å². The lowest BCUT2D eigenvalue weighted by molar-refractivity contribution is -0.136. The fourth-order valence-electron chi connectivity index (χ4n) is 3.40. The molecule has 6 nitrogen and oxygen atoms in total. The van der Waals surface area contributed by atoms with E-state index >= 15 is 0 Å². The van der Waals surface area contributed by atoms with E-state index in [1.807, 2.05) is 54.8 Å². The maximum atomic E-state index is 11.1. The smallest absolute Gasteiger partial charge is 0.307 e. The van der Waals surface area contributed by atoms with Crippen LogP contribution in [0.1, 0.15) is 22.4 Å². The minimum absolute atomic E-state index is 0.0230. The summed E-state index contributed by atoms with van der Waals surface area (Å²) >= 11 is 1.53. The van der Waals surface area contributed by atoms with Crippen molar-refractivity contribution in [3.63, 3.8) is 0 Å². The van der Waals surface area contributed by atoms with Gasteiger partial charge in [0.05, 0.1) is 13.0 Å². The van der Waals surface area contributed by atoms with E-state index in [1.54, 1.807) is 7.11 Å². The molecule has 0 saturated heterocycles. The average Bonchev–Trinajstić information content (AvgIpc) is 3.34. The van der Waals surface area contributed by atoms with Crippen molar-refractivity contribution in [1.29, 1.82) is 0 Å². The Morgan fingerprint density at radius 3 is 2.70 bits per heavy atom. The Bertz CT molecular complexity index is 1180. The molecule has 4 rings (SSSR count). The highest BCUT2D eigenvalue weighted by Gasteiger charge is 2.13. The number of carbonyl (C=O) groups is 1. The molecule has 30 heavy (non-hydrogen) atoms. The van der Waals surface area contributed by atoms with Crippen molar-refractivity contribution in [2.24, 2.45) is 0 Å². The van der Waals surface area contributed by atoms with Gasteiger partial charge in [-0.25, -0.2) is 0 Å². The number of aryl methyl sites for hydroxylation is 1. The zero-order valence-corrected chi connectivity index (χ0v) is 17.5. The predicted molar refractivity (Wildman–Crippen MR) is 115 cm³/mol. The van der Waals surface area contributed by atoms with Crippen LogP contribution in [0.3, 0.4) is 0 Å². The van der Waals surface area contributed by atoms with Crippen LogP contribution < -0.4 is 4.74 Å². The van der Waals surface area contributed by atoms with Crippen LogP contribution in [0.2, 0.25) is 0 Å². The Hall–Kier alpha value is -3.16. The van der Waals surface area contributed by atoms with Crippen molar-refractivity contribution in [2.75, 3.05) is 7.11 Å². The number of aliphatic carboxylic acids is 1. The molecule has 0 saturated carbocycles. The number of carboxylic acids is 1. The Balaban J connectivity index is 1.46. The van der Waals surface area contributed by atoms with Crippen LogP contribution >= 0.6 is 11.3 Å². The fourth-order valence-corrected chi connectivity index (χ4v) is 4.47. The SMILES string of the molecule is COCc1ccc(-c2cc(COc3cc(C)c4c(CC(=O)O)csc4c3)no2)cc1. The van der Waals surface area contributed by atoms with E-state index < -0.39 is 5.97 Å². The quantitative estimate of drug-likeness (QED) is 0.419. The summed E-state index contributed by atoms with van der Waals surface area (Å²) in [6, 6.07) is 13.7. The largest absolute Gasteiger partial charge is 0.487 e. The zero-order chi connectivity index (χ0) is 21.1. The third-order valence-corrected chi connectivity index (χ3v) is 5.74. The zero-order valence-electron chi connectivity index (χ0n) is 16.7. The average molecular weight is 423 g/mol. The van der Waals surface area contributed by atoms with Gasteiger partial charge < -0.3 is 19.1 Å². The van der Waals surface area contributed by atoms with E-state index in [9.17, 15) is 4.79 Å². The number of methoxy groups -OCH3 is 1. The lowest BCUT2D eigenvalue weighted by Gasteiger charge is -2.07. The second-order valence-electron chi connectivity index (χ2n) is 7.05. The Morgan fingerprint density at radius 1 is 1.17 bits per heavy atom. The molecule has 2 aromatic carbocycles. The summed E-state index contributed by atoms with van der Waals surface area (Å²) < 4.78 is 17.5. The number of nitrogens with zero attached hydrogens (tertiary/aromatic N) is 1. The lowest BCUT2D eigenvalue weighted by atomic mass is 10.1. The summed E-state index contributed by atoms with van der Waals surface area (Å²) in [5.41, 5.74) is 4.56. The topological polar surface area (TPSA) is 81.8 Å². The van der Waals surface area contributed by atoms with Gasteiger partial charge in [-0.2, -0.15) is 0 Å². The molecule has 0 fully saturated rings. The fraction of sp³-hybridized carbons (Fsp3) is 0.217. The van der Waals surface area contributed by atoms with Crippen LogP contribution in [-0.4, -0.2) is 23.3 Å². The van der Waals surface area contributed by atoms with Gasteiger partial charge in [0.15, 0.2) is 5.76 Å². The third-order valence-electron chi connectivity index (χ3n) is 4.76. The highest BCUT2D eigenvalue weighted by Crippen LogP contribution is 2.33. The summed E-state index contributed by atoms with van der Waals surface area (Å²) in [7, 11) is 1.67. The molecule has 2 heterocycles. The molecule has 1 N–H and O–H groups in total. The third kappa shape index (κ3) is 4.37. The monoisotopic (exact) mass is 423 g/mol. The number of carboxylic acid groups (broad SMARTS) is 1. The number of benzene rings is 2. The van der Waals surface area contributed by atoms with E-state index in [2.05, 4.69) is 5.16 Å². The number of ether oxygens (including phenoxy) is 2. The first kappa shape index (κ1) is 20.1. The Kier molecular flexibility index (Phi) is 5.83. The van der Waals surface area contributed by atoms with Gasteiger partial charge in [-0.1, -0.05) is 29.4 Å². The molecule has 0 aliphatic heterocycles. The van der Waals surface area contributed by atoms with Crippen LogP contribution in [0.5, 0.6) is 5.75 Å². The molecule has 154 valence electrons. The first-order valence-corrected chi connectivity index (χ1v) is 10.3. The van der Waals surface area contributed by atoms with Crippen LogP contribution in [-0.2, 0) is 29.2 Å². The number of hydrogen-bond acceptors (Lipinski definition) is 6. The highest BCUT2D eigenvalue weighted by atomic mass is 32.1. The van der Waals surface area contributed by atoms with Crippen LogP contribution in [0.4, 0.5) is 0 Å². The molecule has 2 aromatic heterocycles. The van der Waals surface area contributed by atoms with Gasteiger partial charge >= 0.3 is 5.97 Å². The molecular weight excluding hydrogens is 402 g/mol. The number of aromatic nitrogens is 1. The number of fused-ring (bicyclic) bond motifs is 1. The lowest BCUT2D eigenvalue weighted by Crippen LogP contribution is -1.99. The van der Waals surface area contributed by atoms with E-state index in [1.165, 1.54) is 11.3 Å². The predicted octanol–water partition coefficient (Wildman–Crippen LogP) is 5.22. The molecule has 0 unspecified atom stereocenters. The minimum atomic E-state index is -0.829. The molecule has 0 radical (unpaired) electrons. The molecule has 4 aromatic rings. The van der Waals surface area contributed by atoms with Crippen molar-refractivity contribution in [3.8, 4) is 17.1 Å². The van der Waals surface area contributed by atoms with Crippen LogP contribution in [0.25, 0.3) is 21.4 Å². The second-order valence-corrected chi connectivity index (χ2v) is 7.96.